The number of amides is 2. The Morgan fingerprint density at radius 2 is 1.94 bits per heavy atom. The van der Waals surface area contributed by atoms with E-state index in [0.717, 1.165) is 25.7 Å². The number of fused-ring (bicyclic) bond motifs is 1. The highest BCUT2D eigenvalue weighted by atomic mass is 19.1. The van der Waals surface area contributed by atoms with Gasteiger partial charge in [0.25, 0.3) is 5.91 Å². The molecule has 2 N–H and O–H groups in total. The molecular weight excluding hydrogens is 423 g/mol. The molecule has 3 fully saturated rings. The van der Waals surface area contributed by atoms with Gasteiger partial charge in [0, 0.05) is 30.6 Å². The van der Waals surface area contributed by atoms with E-state index >= 15 is 0 Å². The maximum atomic E-state index is 13.6. The van der Waals surface area contributed by atoms with Crippen molar-refractivity contribution in [2.45, 2.75) is 58.6 Å². The highest BCUT2D eigenvalue weighted by Gasteiger charge is 2.54. The second kappa shape index (κ2) is 9.71. The SMILES string of the molecule is CC(C(=O)N1CCOCC1)C1CCC2(C)CCC(NC(=O)c3cccc(F)c3)C(C)C2C1O. The number of benzene rings is 1. The van der Waals surface area contributed by atoms with Crippen molar-refractivity contribution in [3.8, 4) is 0 Å². The number of carbonyl (C=O) groups excluding carboxylic acids is 2. The second-order valence-electron chi connectivity index (χ2n) is 10.6. The molecule has 7 atom stereocenters. The van der Waals surface area contributed by atoms with Crippen molar-refractivity contribution in [1.29, 1.82) is 0 Å². The summed E-state index contributed by atoms with van der Waals surface area (Å²) in [5.74, 6) is -0.933. The summed E-state index contributed by atoms with van der Waals surface area (Å²) in [4.78, 5) is 27.8. The van der Waals surface area contributed by atoms with E-state index in [1.54, 1.807) is 6.07 Å². The summed E-state index contributed by atoms with van der Waals surface area (Å²) in [5, 5.41) is 14.7. The van der Waals surface area contributed by atoms with E-state index < -0.39 is 11.9 Å². The maximum absolute atomic E-state index is 13.6. The van der Waals surface area contributed by atoms with Crippen LogP contribution < -0.4 is 5.32 Å². The van der Waals surface area contributed by atoms with Crippen LogP contribution >= 0.6 is 0 Å². The Morgan fingerprint density at radius 1 is 1.24 bits per heavy atom. The Labute approximate surface area is 195 Å². The van der Waals surface area contributed by atoms with Crippen LogP contribution in [0.2, 0.25) is 0 Å². The van der Waals surface area contributed by atoms with Gasteiger partial charge in [0.15, 0.2) is 0 Å². The number of halogens is 1. The third kappa shape index (κ3) is 4.80. The third-order valence-electron chi connectivity index (χ3n) is 8.65. The van der Waals surface area contributed by atoms with Gasteiger partial charge in [0.1, 0.15) is 5.82 Å². The van der Waals surface area contributed by atoms with Crippen molar-refractivity contribution in [2.75, 3.05) is 26.3 Å². The molecule has 0 aromatic heterocycles. The molecule has 2 saturated carbocycles. The molecule has 1 aliphatic heterocycles. The van der Waals surface area contributed by atoms with Gasteiger partial charge >= 0.3 is 0 Å². The fraction of sp³-hybridized carbons (Fsp3) is 0.692. The van der Waals surface area contributed by atoms with Gasteiger partial charge in [-0.05, 0) is 67.1 Å². The molecule has 1 aromatic carbocycles. The van der Waals surface area contributed by atoms with E-state index in [9.17, 15) is 19.1 Å². The van der Waals surface area contributed by atoms with Gasteiger partial charge in [-0.2, -0.15) is 0 Å². The molecule has 6 nitrogen and oxygen atoms in total. The van der Waals surface area contributed by atoms with Gasteiger partial charge < -0.3 is 20.1 Å². The molecule has 7 unspecified atom stereocenters. The molecular formula is C26H37FN2O4. The summed E-state index contributed by atoms with van der Waals surface area (Å²) in [7, 11) is 0. The van der Waals surface area contributed by atoms with Crippen LogP contribution in [0, 0.1) is 34.9 Å². The summed E-state index contributed by atoms with van der Waals surface area (Å²) in [6.45, 7) is 8.64. The minimum Gasteiger partial charge on any atom is -0.392 e. The molecule has 182 valence electrons. The molecule has 2 amide bonds. The van der Waals surface area contributed by atoms with Crippen molar-refractivity contribution in [3.63, 3.8) is 0 Å². The van der Waals surface area contributed by atoms with E-state index in [-0.39, 0.29) is 46.9 Å². The molecule has 0 spiro atoms. The number of ether oxygens (including phenoxy) is 1. The first kappa shape index (κ1) is 24.1. The number of rotatable bonds is 4. The van der Waals surface area contributed by atoms with Gasteiger partial charge in [0.2, 0.25) is 5.91 Å². The van der Waals surface area contributed by atoms with Crippen molar-refractivity contribution in [1.82, 2.24) is 10.2 Å². The molecule has 0 bridgehead atoms. The predicted octanol–water partition coefficient (Wildman–Crippen LogP) is 3.24. The largest absolute Gasteiger partial charge is 0.392 e. The van der Waals surface area contributed by atoms with Crippen LogP contribution in [0.4, 0.5) is 4.39 Å². The van der Waals surface area contributed by atoms with E-state index in [4.69, 9.17) is 4.74 Å². The number of hydrogen-bond acceptors (Lipinski definition) is 4. The van der Waals surface area contributed by atoms with E-state index in [2.05, 4.69) is 19.2 Å². The Balaban J connectivity index is 1.47. The summed E-state index contributed by atoms with van der Waals surface area (Å²) >= 11 is 0. The molecule has 1 saturated heterocycles. The molecule has 0 radical (unpaired) electrons. The predicted molar refractivity (Wildman–Crippen MR) is 123 cm³/mol. The van der Waals surface area contributed by atoms with Crippen LogP contribution in [0.1, 0.15) is 56.8 Å². The van der Waals surface area contributed by atoms with Gasteiger partial charge in [-0.1, -0.05) is 26.8 Å². The van der Waals surface area contributed by atoms with Crippen LogP contribution in [-0.4, -0.2) is 60.3 Å². The Morgan fingerprint density at radius 3 is 2.64 bits per heavy atom. The summed E-state index contributed by atoms with van der Waals surface area (Å²) in [6.07, 6.45) is 2.93. The molecule has 1 aromatic rings. The van der Waals surface area contributed by atoms with Crippen LogP contribution in [-0.2, 0) is 9.53 Å². The minimum absolute atomic E-state index is 0.0113. The first-order chi connectivity index (χ1) is 15.7. The zero-order valence-corrected chi connectivity index (χ0v) is 19.9. The smallest absolute Gasteiger partial charge is 0.251 e. The second-order valence-corrected chi connectivity index (χ2v) is 10.6. The van der Waals surface area contributed by atoms with Crippen molar-refractivity contribution in [3.05, 3.63) is 35.6 Å². The Hall–Kier alpha value is -1.99. The van der Waals surface area contributed by atoms with Crippen molar-refractivity contribution in [2.24, 2.45) is 29.1 Å². The highest BCUT2D eigenvalue weighted by Crippen LogP contribution is 2.55. The van der Waals surface area contributed by atoms with Crippen LogP contribution in [0.25, 0.3) is 0 Å². The van der Waals surface area contributed by atoms with E-state index in [1.807, 2.05) is 11.8 Å². The summed E-state index contributed by atoms with van der Waals surface area (Å²) in [6, 6.07) is 5.62. The first-order valence-electron chi connectivity index (χ1n) is 12.3. The normalized spacial score (nSPS) is 35.4. The quantitative estimate of drug-likeness (QED) is 0.723. The van der Waals surface area contributed by atoms with E-state index in [0.29, 0.717) is 31.9 Å². The molecule has 1 heterocycles. The van der Waals surface area contributed by atoms with Gasteiger partial charge in [-0.25, -0.2) is 4.39 Å². The molecule has 2 aliphatic carbocycles. The number of nitrogens with zero attached hydrogens (tertiary/aromatic N) is 1. The lowest BCUT2D eigenvalue weighted by atomic mass is 9.51. The first-order valence-corrected chi connectivity index (χ1v) is 12.3. The van der Waals surface area contributed by atoms with Crippen molar-refractivity contribution >= 4 is 11.8 Å². The number of nitrogens with one attached hydrogen (secondary N) is 1. The molecule has 7 heteroatoms. The molecule has 4 rings (SSSR count). The van der Waals surface area contributed by atoms with Crippen LogP contribution in [0.15, 0.2) is 24.3 Å². The minimum atomic E-state index is -0.604. The topological polar surface area (TPSA) is 78.9 Å². The fourth-order valence-electron chi connectivity index (χ4n) is 6.63. The van der Waals surface area contributed by atoms with Gasteiger partial charge in [-0.15, -0.1) is 0 Å². The highest BCUT2D eigenvalue weighted by molar-refractivity contribution is 5.94. The molecule has 3 aliphatic rings. The number of aliphatic hydroxyl groups is 1. The van der Waals surface area contributed by atoms with E-state index in [1.165, 1.54) is 18.2 Å². The van der Waals surface area contributed by atoms with Crippen LogP contribution in [0.5, 0.6) is 0 Å². The number of carbonyl (C=O) groups is 2. The standard InChI is InChI=1S/C26H37FN2O4/c1-16(25(32)29-11-13-33-14-12-29)20-7-9-26(3)10-8-21(17(2)22(26)23(20)30)28-24(31)18-5-4-6-19(27)15-18/h4-6,15-17,20-23,30H,7-14H2,1-3H3,(H,28,31). The number of aliphatic hydroxyl groups excluding tert-OH is 1. The lowest BCUT2D eigenvalue weighted by Gasteiger charge is -2.56. The molecule has 33 heavy (non-hydrogen) atoms. The lowest BCUT2D eigenvalue weighted by Crippen LogP contribution is -2.59. The van der Waals surface area contributed by atoms with Gasteiger partial charge in [-0.3, -0.25) is 9.59 Å². The average Bonchev–Trinajstić information content (AvgIpc) is 2.80. The van der Waals surface area contributed by atoms with Gasteiger partial charge in [0.05, 0.1) is 19.3 Å². The number of hydrogen-bond donors (Lipinski definition) is 2. The summed E-state index contributed by atoms with van der Waals surface area (Å²) in [5.41, 5.74) is 0.291. The number of morpholine rings is 1. The van der Waals surface area contributed by atoms with Crippen LogP contribution in [0.3, 0.4) is 0 Å². The maximum Gasteiger partial charge on any atom is 0.251 e. The zero-order valence-electron chi connectivity index (χ0n) is 19.9. The monoisotopic (exact) mass is 460 g/mol. The van der Waals surface area contributed by atoms with Crippen molar-refractivity contribution < 1.29 is 23.8 Å². The third-order valence-corrected chi connectivity index (χ3v) is 8.65. The summed E-state index contributed by atoms with van der Waals surface area (Å²) < 4.78 is 19.0. The lowest BCUT2D eigenvalue weighted by molar-refractivity contribution is -0.153. The Bertz CT molecular complexity index is 874. The average molecular weight is 461 g/mol. The fourth-order valence-corrected chi connectivity index (χ4v) is 6.63. The Kier molecular flexibility index (Phi) is 7.10. The zero-order chi connectivity index (χ0) is 23.8.